The number of hydrogen-bond donors (Lipinski definition) is 2. The smallest absolute Gasteiger partial charge is 0.315 e. The molecule has 0 aliphatic carbocycles. The van der Waals surface area contributed by atoms with Crippen LogP contribution in [0.2, 0.25) is 0 Å². The van der Waals surface area contributed by atoms with Crippen LogP contribution in [-0.4, -0.2) is 28.3 Å². The maximum atomic E-state index is 11.7. The fourth-order valence-electron chi connectivity index (χ4n) is 1.43. The van der Waals surface area contributed by atoms with Gasteiger partial charge in [-0.05, 0) is 34.1 Å². The van der Waals surface area contributed by atoms with Gasteiger partial charge in [0.1, 0.15) is 6.10 Å². The quantitative estimate of drug-likeness (QED) is 0.800. The Morgan fingerprint density at radius 3 is 2.75 bits per heavy atom. The van der Waals surface area contributed by atoms with Crippen molar-refractivity contribution in [3.05, 3.63) is 11.7 Å². The van der Waals surface area contributed by atoms with Crippen molar-refractivity contribution in [1.82, 2.24) is 20.8 Å². The van der Waals surface area contributed by atoms with Gasteiger partial charge in [-0.15, -0.1) is 0 Å². The number of ether oxygens (including phenoxy) is 1. The van der Waals surface area contributed by atoms with Crippen LogP contribution in [0.5, 0.6) is 0 Å². The van der Waals surface area contributed by atoms with Crippen molar-refractivity contribution in [3.8, 4) is 0 Å². The summed E-state index contributed by atoms with van der Waals surface area (Å²) in [4.78, 5) is 15.9. The minimum absolute atomic E-state index is 0.192. The first kappa shape index (κ1) is 16.4. The highest BCUT2D eigenvalue weighted by Crippen LogP contribution is 2.12. The molecule has 114 valence electrons. The molecule has 0 spiro atoms. The number of rotatable bonds is 7. The zero-order valence-electron chi connectivity index (χ0n) is 12.8. The predicted octanol–water partition coefficient (Wildman–Crippen LogP) is 2.15. The zero-order chi connectivity index (χ0) is 15.2. The van der Waals surface area contributed by atoms with Crippen molar-refractivity contribution in [1.29, 1.82) is 0 Å². The summed E-state index contributed by atoms with van der Waals surface area (Å²) in [5, 5.41) is 9.37. The van der Waals surface area contributed by atoms with E-state index in [-0.39, 0.29) is 24.2 Å². The van der Waals surface area contributed by atoms with Gasteiger partial charge in [0.05, 0.1) is 6.54 Å². The number of aromatic nitrogens is 2. The molecule has 1 rings (SSSR count). The minimum atomic E-state index is -0.255. The third-order valence-electron chi connectivity index (χ3n) is 3.00. The molecule has 1 aromatic heterocycles. The lowest BCUT2D eigenvalue weighted by Crippen LogP contribution is -2.47. The molecule has 1 heterocycles. The standard InChI is InChI=1S/C13H24N4O3/c1-6-13(4,5)16-12(18)14-8-10-15-11(17-20-10)9(3)19-7-2/h9H,6-8H2,1-5H3,(H2,14,16,18)/t9-/m0/s1. The Balaban J connectivity index is 2.44. The largest absolute Gasteiger partial charge is 0.371 e. The Labute approximate surface area is 119 Å². The molecule has 0 bridgehead atoms. The molecule has 0 aliphatic rings. The summed E-state index contributed by atoms with van der Waals surface area (Å²) in [6.07, 6.45) is 0.627. The van der Waals surface area contributed by atoms with Gasteiger partial charge < -0.3 is 19.9 Å². The van der Waals surface area contributed by atoms with E-state index in [1.54, 1.807) is 0 Å². The van der Waals surface area contributed by atoms with Gasteiger partial charge in [-0.25, -0.2) is 4.79 Å². The summed E-state index contributed by atoms with van der Waals surface area (Å²) in [6.45, 7) is 10.5. The molecular weight excluding hydrogens is 260 g/mol. The Morgan fingerprint density at radius 1 is 1.45 bits per heavy atom. The van der Waals surface area contributed by atoms with E-state index in [0.29, 0.717) is 18.3 Å². The van der Waals surface area contributed by atoms with Crippen LogP contribution >= 0.6 is 0 Å². The molecule has 0 aromatic carbocycles. The van der Waals surface area contributed by atoms with E-state index in [0.717, 1.165) is 6.42 Å². The van der Waals surface area contributed by atoms with Crippen molar-refractivity contribution >= 4 is 6.03 Å². The fourth-order valence-corrected chi connectivity index (χ4v) is 1.43. The van der Waals surface area contributed by atoms with Gasteiger partial charge in [0.25, 0.3) is 0 Å². The van der Waals surface area contributed by atoms with Crippen molar-refractivity contribution in [2.24, 2.45) is 0 Å². The lowest BCUT2D eigenvalue weighted by molar-refractivity contribution is 0.0683. The lowest BCUT2D eigenvalue weighted by Gasteiger charge is -2.24. The fraction of sp³-hybridized carbons (Fsp3) is 0.769. The normalized spacial score (nSPS) is 13.1. The molecule has 0 saturated carbocycles. The third-order valence-corrected chi connectivity index (χ3v) is 3.00. The molecule has 7 nitrogen and oxygen atoms in total. The van der Waals surface area contributed by atoms with Crippen LogP contribution in [0.4, 0.5) is 4.79 Å². The summed E-state index contributed by atoms with van der Waals surface area (Å²) >= 11 is 0. The zero-order valence-corrected chi connectivity index (χ0v) is 12.8. The molecule has 0 aliphatic heterocycles. The average molecular weight is 284 g/mol. The Kier molecular flexibility index (Phi) is 5.94. The monoisotopic (exact) mass is 284 g/mol. The van der Waals surface area contributed by atoms with E-state index in [9.17, 15) is 4.79 Å². The van der Waals surface area contributed by atoms with Crippen molar-refractivity contribution in [2.45, 2.75) is 59.2 Å². The van der Waals surface area contributed by atoms with Crippen molar-refractivity contribution in [3.63, 3.8) is 0 Å². The van der Waals surface area contributed by atoms with Crippen LogP contribution in [-0.2, 0) is 11.3 Å². The van der Waals surface area contributed by atoms with Crippen molar-refractivity contribution < 1.29 is 14.1 Å². The molecule has 2 N–H and O–H groups in total. The Hall–Kier alpha value is -1.63. The maximum absolute atomic E-state index is 11.7. The summed E-state index contributed by atoms with van der Waals surface area (Å²) in [6, 6.07) is -0.255. The van der Waals surface area contributed by atoms with Gasteiger partial charge in [0.15, 0.2) is 5.82 Å². The van der Waals surface area contributed by atoms with E-state index in [1.807, 2.05) is 34.6 Å². The van der Waals surface area contributed by atoms with Gasteiger partial charge >= 0.3 is 6.03 Å². The van der Waals surface area contributed by atoms with Crippen LogP contribution in [0, 0.1) is 0 Å². The first-order valence-electron chi connectivity index (χ1n) is 6.88. The highest BCUT2D eigenvalue weighted by atomic mass is 16.5. The molecule has 20 heavy (non-hydrogen) atoms. The van der Waals surface area contributed by atoms with Gasteiger partial charge in [-0.1, -0.05) is 12.1 Å². The molecule has 0 radical (unpaired) electrons. The van der Waals surface area contributed by atoms with Crippen LogP contribution in [0.25, 0.3) is 0 Å². The topological polar surface area (TPSA) is 89.3 Å². The summed E-state index contributed by atoms with van der Waals surface area (Å²) in [5.41, 5.74) is -0.242. The van der Waals surface area contributed by atoms with Crippen LogP contribution in [0.1, 0.15) is 58.9 Å². The maximum Gasteiger partial charge on any atom is 0.315 e. The molecule has 1 atom stereocenters. The Bertz CT molecular complexity index is 431. The number of nitrogens with one attached hydrogen (secondary N) is 2. The summed E-state index contributed by atoms with van der Waals surface area (Å²) < 4.78 is 10.4. The number of hydrogen-bond acceptors (Lipinski definition) is 5. The van der Waals surface area contributed by atoms with Crippen molar-refractivity contribution in [2.75, 3.05) is 6.61 Å². The van der Waals surface area contributed by atoms with Crippen LogP contribution in [0.3, 0.4) is 0 Å². The van der Waals surface area contributed by atoms with Crippen LogP contribution in [0.15, 0.2) is 4.52 Å². The molecule has 1 aromatic rings. The van der Waals surface area contributed by atoms with E-state index < -0.39 is 0 Å². The molecule has 0 saturated heterocycles. The number of carbonyl (C=O) groups is 1. The summed E-state index contributed by atoms with van der Waals surface area (Å²) in [5.74, 6) is 0.842. The Morgan fingerprint density at radius 2 is 2.15 bits per heavy atom. The van der Waals surface area contributed by atoms with Crippen LogP contribution < -0.4 is 10.6 Å². The van der Waals surface area contributed by atoms with Gasteiger partial charge in [-0.3, -0.25) is 0 Å². The highest BCUT2D eigenvalue weighted by Gasteiger charge is 2.18. The van der Waals surface area contributed by atoms with Gasteiger partial charge in [-0.2, -0.15) is 4.98 Å². The van der Waals surface area contributed by atoms with Gasteiger partial charge in [0.2, 0.25) is 5.89 Å². The minimum Gasteiger partial charge on any atom is -0.371 e. The average Bonchev–Trinajstić information content (AvgIpc) is 2.85. The van der Waals surface area contributed by atoms with E-state index in [2.05, 4.69) is 20.8 Å². The first-order valence-corrected chi connectivity index (χ1v) is 6.88. The molecule has 0 fully saturated rings. The molecular formula is C13H24N4O3. The molecule has 0 unspecified atom stereocenters. The predicted molar refractivity (Wildman–Crippen MR) is 74.1 cm³/mol. The molecule has 7 heteroatoms. The highest BCUT2D eigenvalue weighted by molar-refractivity contribution is 5.74. The lowest BCUT2D eigenvalue weighted by atomic mass is 10.0. The SMILES string of the molecule is CCO[C@@H](C)c1noc(CNC(=O)NC(C)(C)CC)n1. The van der Waals surface area contributed by atoms with E-state index in [4.69, 9.17) is 9.26 Å². The number of carbonyl (C=O) groups excluding carboxylic acids is 1. The first-order chi connectivity index (χ1) is 9.38. The second-order valence-electron chi connectivity index (χ2n) is 5.19. The second kappa shape index (κ2) is 7.23. The third kappa shape index (κ3) is 5.16. The summed E-state index contributed by atoms with van der Waals surface area (Å²) in [7, 11) is 0. The number of amides is 2. The van der Waals surface area contributed by atoms with E-state index in [1.165, 1.54) is 0 Å². The van der Waals surface area contributed by atoms with E-state index >= 15 is 0 Å². The number of urea groups is 1. The van der Waals surface area contributed by atoms with Gasteiger partial charge in [0, 0.05) is 12.1 Å². The molecule has 2 amide bonds. The number of nitrogens with zero attached hydrogens (tertiary/aromatic N) is 2. The second-order valence-corrected chi connectivity index (χ2v) is 5.19.